The van der Waals surface area contributed by atoms with Gasteiger partial charge in [-0.05, 0) is 30.9 Å². The minimum absolute atomic E-state index is 0.0202. The van der Waals surface area contributed by atoms with Crippen molar-refractivity contribution >= 4 is 17.7 Å². The molecule has 1 amide bonds. The summed E-state index contributed by atoms with van der Waals surface area (Å²) in [5.41, 5.74) is 0. The number of carbonyl (C=O) groups is 1. The van der Waals surface area contributed by atoms with E-state index in [1.54, 1.807) is 0 Å². The lowest BCUT2D eigenvalue weighted by Gasteiger charge is -2.41. The van der Waals surface area contributed by atoms with Gasteiger partial charge in [0.15, 0.2) is 0 Å². The van der Waals surface area contributed by atoms with Gasteiger partial charge in [0.25, 0.3) is 0 Å². The fourth-order valence-electron chi connectivity index (χ4n) is 3.83. The Morgan fingerprint density at radius 1 is 1.29 bits per heavy atom. The van der Waals surface area contributed by atoms with E-state index in [1.807, 2.05) is 11.8 Å². The highest BCUT2D eigenvalue weighted by atomic mass is 32.2. The topological polar surface area (TPSA) is 32.3 Å². The van der Waals surface area contributed by atoms with Crippen LogP contribution in [0.25, 0.3) is 0 Å². The van der Waals surface area contributed by atoms with Crippen LogP contribution in [0.5, 0.6) is 0 Å². The predicted molar refractivity (Wildman–Crippen MR) is 91.4 cm³/mol. The average molecular weight is 313 g/mol. The second kappa shape index (κ2) is 7.36. The van der Waals surface area contributed by atoms with E-state index in [-0.39, 0.29) is 12.2 Å². The summed E-state index contributed by atoms with van der Waals surface area (Å²) >= 11 is 1.95. The molecule has 21 heavy (non-hydrogen) atoms. The van der Waals surface area contributed by atoms with Crippen molar-refractivity contribution in [1.29, 1.82) is 0 Å². The molecular formula is C17H32N2OS. The van der Waals surface area contributed by atoms with Gasteiger partial charge in [0.05, 0.1) is 12.2 Å². The highest BCUT2D eigenvalue weighted by Crippen LogP contribution is 2.35. The van der Waals surface area contributed by atoms with Crippen molar-refractivity contribution < 1.29 is 4.79 Å². The van der Waals surface area contributed by atoms with E-state index in [9.17, 15) is 4.79 Å². The summed E-state index contributed by atoms with van der Waals surface area (Å²) in [6.45, 7) is 8.84. The zero-order chi connectivity index (χ0) is 15.6. The Bertz CT molecular complexity index is 361. The van der Waals surface area contributed by atoms with Gasteiger partial charge in [-0.25, -0.2) is 0 Å². The Labute approximate surface area is 134 Å². The van der Waals surface area contributed by atoms with Crippen LogP contribution in [-0.4, -0.2) is 40.6 Å². The second-order valence-electron chi connectivity index (χ2n) is 7.09. The van der Waals surface area contributed by atoms with Gasteiger partial charge >= 0.3 is 0 Å². The third-order valence-electron chi connectivity index (χ3n) is 5.34. The molecule has 0 aromatic carbocycles. The van der Waals surface area contributed by atoms with E-state index in [0.717, 1.165) is 6.42 Å². The summed E-state index contributed by atoms with van der Waals surface area (Å²) in [6, 6.07) is 0.446. The minimum atomic E-state index is 0.0202. The summed E-state index contributed by atoms with van der Waals surface area (Å²) in [6.07, 6.45) is 8.49. The van der Waals surface area contributed by atoms with E-state index in [0.29, 0.717) is 29.0 Å². The molecule has 1 aliphatic heterocycles. The molecule has 4 heteroatoms. The van der Waals surface area contributed by atoms with Gasteiger partial charge in [0, 0.05) is 11.3 Å². The van der Waals surface area contributed by atoms with Gasteiger partial charge in [-0.15, -0.1) is 0 Å². The first kappa shape index (κ1) is 17.1. The lowest BCUT2D eigenvalue weighted by atomic mass is 9.92. The van der Waals surface area contributed by atoms with E-state index in [1.165, 1.54) is 25.7 Å². The number of rotatable bonds is 5. The summed E-state index contributed by atoms with van der Waals surface area (Å²) < 4.78 is 0. The molecule has 0 aromatic rings. The number of carbonyl (C=O) groups excluding carboxylic acids is 1. The molecule has 5 unspecified atom stereocenters. The summed E-state index contributed by atoms with van der Waals surface area (Å²) in [5, 5.41) is 4.26. The predicted octanol–water partition coefficient (Wildman–Crippen LogP) is 3.49. The van der Waals surface area contributed by atoms with Crippen molar-refractivity contribution in [2.24, 2.45) is 11.8 Å². The molecule has 122 valence electrons. The molecule has 0 radical (unpaired) electrons. The fraction of sp³-hybridized carbons (Fsp3) is 0.941. The molecule has 2 aliphatic rings. The van der Waals surface area contributed by atoms with E-state index >= 15 is 0 Å². The molecule has 5 atom stereocenters. The van der Waals surface area contributed by atoms with Gasteiger partial charge in [0.1, 0.15) is 0 Å². The molecule has 1 aliphatic carbocycles. The lowest BCUT2D eigenvalue weighted by molar-refractivity contribution is -0.134. The van der Waals surface area contributed by atoms with Crippen molar-refractivity contribution in [3.63, 3.8) is 0 Å². The first-order valence-electron chi connectivity index (χ1n) is 8.62. The molecule has 2 rings (SSSR count). The Kier molecular flexibility index (Phi) is 6.01. The monoisotopic (exact) mass is 312 g/mol. The molecule has 1 saturated carbocycles. The van der Waals surface area contributed by atoms with Crippen LogP contribution in [0.15, 0.2) is 0 Å². The number of hydrogen-bond acceptors (Lipinski definition) is 3. The number of amides is 1. The molecule has 0 bridgehead atoms. The van der Waals surface area contributed by atoms with Gasteiger partial charge < -0.3 is 4.90 Å². The van der Waals surface area contributed by atoms with Crippen LogP contribution in [0.3, 0.4) is 0 Å². The van der Waals surface area contributed by atoms with Crippen LogP contribution < -0.4 is 5.32 Å². The number of hydrogen-bond donors (Lipinski definition) is 1. The fourth-order valence-corrected chi connectivity index (χ4v) is 4.81. The molecule has 1 saturated heterocycles. The standard InChI is InChI=1S/C17H32N2OS/c1-6-12(4)15-17(20)19(16(18-15)11(2)3)13-9-7-8-10-14(13)21-5/h11-16,18H,6-10H2,1-5H3. The normalized spacial score (nSPS) is 35.5. The third-order valence-corrected chi connectivity index (χ3v) is 6.50. The molecule has 2 fully saturated rings. The van der Waals surface area contributed by atoms with Crippen LogP contribution in [0.4, 0.5) is 0 Å². The maximum absolute atomic E-state index is 13.0. The summed E-state index contributed by atoms with van der Waals surface area (Å²) in [5.74, 6) is 1.24. The van der Waals surface area contributed by atoms with Gasteiger partial charge in [-0.1, -0.05) is 47.0 Å². The van der Waals surface area contributed by atoms with Crippen molar-refractivity contribution in [2.75, 3.05) is 6.26 Å². The molecule has 0 aromatic heterocycles. The van der Waals surface area contributed by atoms with Crippen molar-refractivity contribution in [3.8, 4) is 0 Å². The van der Waals surface area contributed by atoms with Crippen molar-refractivity contribution in [1.82, 2.24) is 10.2 Å². The maximum atomic E-state index is 13.0. The second-order valence-corrected chi connectivity index (χ2v) is 8.17. The van der Waals surface area contributed by atoms with E-state index in [4.69, 9.17) is 0 Å². The third kappa shape index (κ3) is 3.42. The van der Waals surface area contributed by atoms with Gasteiger partial charge in [0.2, 0.25) is 5.91 Å². The largest absolute Gasteiger partial charge is 0.321 e. The average Bonchev–Trinajstić information content (AvgIpc) is 2.84. The smallest absolute Gasteiger partial charge is 0.241 e. The molecule has 0 spiro atoms. The first-order chi connectivity index (χ1) is 10.0. The van der Waals surface area contributed by atoms with E-state index in [2.05, 4.69) is 44.2 Å². The molecule has 3 nitrogen and oxygen atoms in total. The lowest BCUT2D eigenvalue weighted by Crippen LogP contribution is -2.52. The Morgan fingerprint density at radius 3 is 2.52 bits per heavy atom. The number of thioether (sulfide) groups is 1. The molecule has 1 heterocycles. The zero-order valence-electron chi connectivity index (χ0n) is 14.3. The van der Waals surface area contributed by atoms with Crippen LogP contribution in [0.1, 0.15) is 59.8 Å². The SMILES string of the molecule is CCC(C)C1NC(C(C)C)N(C2CCCCC2SC)C1=O. The molecular weight excluding hydrogens is 280 g/mol. The quantitative estimate of drug-likeness (QED) is 0.843. The van der Waals surface area contributed by atoms with Crippen molar-refractivity contribution in [3.05, 3.63) is 0 Å². The highest BCUT2D eigenvalue weighted by Gasteiger charge is 2.47. The van der Waals surface area contributed by atoms with Crippen LogP contribution in [-0.2, 0) is 4.79 Å². The summed E-state index contributed by atoms with van der Waals surface area (Å²) in [7, 11) is 0. The van der Waals surface area contributed by atoms with Crippen LogP contribution in [0, 0.1) is 11.8 Å². The first-order valence-corrected chi connectivity index (χ1v) is 9.91. The molecule has 1 N–H and O–H groups in total. The van der Waals surface area contributed by atoms with E-state index < -0.39 is 0 Å². The van der Waals surface area contributed by atoms with Gasteiger partial charge in [-0.2, -0.15) is 11.8 Å². The number of nitrogens with one attached hydrogen (secondary N) is 1. The van der Waals surface area contributed by atoms with Crippen LogP contribution >= 0.6 is 11.8 Å². The Morgan fingerprint density at radius 2 is 1.95 bits per heavy atom. The number of nitrogens with zero attached hydrogens (tertiary/aromatic N) is 1. The summed E-state index contributed by atoms with van der Waals surface area (Å²) in [4.78, 5) is 15.3. The Hall–Kier alpha value is -0.220. The zero-order valence-corrected chi connectivity index (χ0v) is 15.1. The maximum Gasteiger partial charge on any atom is 0.241 e. The minimum Gasteiger partial charge on any atom is -0.321 e. The van der Waals surface area contributed by atoms with Gasteiger partial charge in [-0.3, -0.25) is 10.1 Å². The van der Waals surface area contributed by atoms with Crippen LogP contribution in [0.2, 0.25) is 0 Å². The van der Waals surface area contributed by atoms with Crippen molar-refractivity contribution in [2.45, 2.75) is 83.3 Å². The highest BCUT2D eigenvalue weighted by molar-refractivity contribution is 7.99. The Balaban J connectivity index is 2.23.